The number of benzene rings is 1. The number of carbonyl (C=O) groups is 1. The van der Waals surface area contributed by atoms with Gasteiger partial charge in [0.1, 0.15) is 10.7 Å². The van der Waals surface area contributed by atoms with E-state index in [4.69, 9.17) is 0 Å². The van der Waals surface area contributed by atoms with Crippen LogP contribution in [-0.4, -0.2) is 20.7 Å². The Kier molecular flexibility index (Phi) is 4.76. The second-order valence-corrected chi connectivity index (χ2v) is 6.64. The average molecular weight is 340 g/mol. The molecule has 0 radical (unpaired) electrons. The zero-order chi connectivity index (χ0) is 17.1. The summed E-state index contributed by atoms with van der Waals surface area (Å²) in [4.78, 5) is 17.2. The van der Waals surface area contributed by atoms with E-state index in [0.717, 1.165) is 16.3 Å². The van der Waals surface area contributed by atoms with E-state index in [1.165, 1.54) is 11.3 Å². The van der Waals surface area contributed by atoms with Crippen molar-refractivity contribution in [1.82, 2.24) is 14.8 Å². The summed E-state index contributed by atoms with van der Waals surface area (Å²) in [5, 5.41) is 8.35. The molecular formula is C18H20N4OS. The lowest BCUT2D eigenvalue weighted by atomic mass is 10.1. The van der Waals surface area contributed by atoms with Crippen molar-refractivity contribution < 1.29 is 4.79 Å². The van der Waals surface area contributed by atoms with Crippen LogP contribution in [-0.2, 0) is 6.54 Å². The van der Waals surface area contributed by atoms with Crippen LogP contribution in [0.5, 0.6) is 0 Å². The molecule has 2 aromatic heterocycles. The van der Waals surface area contributed by atoms with E-state index in [-0.39, 0.29) is 11.8 Å². The molecule has 0 aliphatic carbocycles. The van der Waals surface area contributed by atoms with Gasteiger partial charge in [0.25, 0.3) is 5.91 Å². The van der Waals surface area contributed by atoms with E-state index >= 15 is 0 Å². The van der Waals surface area contributed by atoms with Crippen molar-refractivity contribution in [1.29, 1.82) is 0 Å². The highest BCUT2D eigenvalue weighted by molar-refractivity contribution is 7.14. The van der Waals surface area contributed by atoms with Gasteiger partial charge < -0.3 is 5.32 Å². The highest BCUT2D eigenvalue weighted by Crippen LogP contribution is 2.29. The summed E-state index contributed by atoms with van der Waals surface area (Å²) in [6.07, 6.45) is 1.80. The van der Waals surface area contributed by atoms with Gasteiger partial charge in [-0.15, -0.1) is 11.3 Å². The smallest absolute Gasteiger partial charge is 0.260 e. The molecule has 0 aliphatic rings. The lowest BCUT2D eigenvalue weighted by Crippen LogP contribution is -2.13. The van der Waals surface area contributed by atoms with Crippen LogP contribution in [0, 0.1) is 0 Å². The number of thiazole rings is 1. The summed E-state index contributed by atoms with van der Waals surface area (Å²) in [6.45, 7) is 6.85. The number of hydrogen-bond acceptors (Lipinski definition) is 4. The van der Waals surface area contributed by atoms with Crippen LogP contribution >= 0.6 is 11.3 Å². The van der Waals surface area contributed by atoms with Gasteiger partial charge in [-0.3, -0.25) is 9.48 Å². The number of anilines is 1. The molecule has 0 bridgehead atoms. The molecule has 5 nitrogen and oxygen atoms in total. The van der Waals surface area contributed by atoms with Gasteiger partial charge in [0.05, 0.1) is 16.8 Å². The lowest BCUT2D eigenvalue weighted by molar-refractivity contribution is 0.102. The van der Waals surface area contributed by atoms with Gasteiger partial charge in [0.15, 0.2) is 0 Å². The average Bonchev–Trinajstić information content (AvgIpc) is 3.22. The van der Waals surface area contributed by atoms with Crippen molar-refractivity contribution in [3.8, 4) is 11.3 Å². The summed E-state index contributed by atoms with van der Waals surface area (Å²) >= 11 is 1.44. The minimum atomic E-state index is -0.153. The van der Waals surface area contributed by atoms with E-state index in [1.807, 2.05) is 37.3 Å². The maximum absolute atomic E-state index is 12.8. The van der Waals surface area contributed by atoms with Gasteiger partial charge >= 0.3 is 0 Å². The Bertz CT molecular complexity index is 836. The van der Waals surface area contributed by atoms with Gasteiger partial charge in [-0.2, -0.15) is 5.10 Å². The molecule has 124 valence electrons. The number of nitrogens with one attached hydrogen (secondary N) is 1. The zero-order valence-electron chi connectivity index (χ0n) is 14.0. The lowest BCUT2D eigenvalue weighted by Gasteiger charge is -2.07. The maximum atomic E-state index is 12.8. The van der Waals surface area contributed by atoms with E-state index in [0.29, 0.717) is 17.8 Å². The fraction of sp³-hybridized carbons (Fsp3) is 0.278. The van der Waals surface area contributed by atoms with Crippen molar-refractivity contribution >= 4 is 22.2 Å². The van der Waals surface area contributed by atoms with Crippen molar-refractivity contribution in [3.63, 3.8) is 0 Å². The Labute approximate surface area is 145 Å². The topological polar surface area (TPSA) is 59.8 Å². The fourth-order valence-corrected chi connectivity index (χ4v) is 3.32. The molecule has 1 amide bonds. The molecule has 1 aromatic carbocycles. The van der Waals surface area contributed by atoms with E-state index in [9.17, 15) is 4.79 Å². The van der Waals surface area contributed by atoms with Crippen molar-refractivity contribution in [2.24, 2.45) is 0 Å². The van der Waals surface area contributed by atoms with Gasteiger partial charge in [0.2, 0.25) is 0 Å². The number of hydrogen-bond donors (Lipinski definition) is 1. The third-order valence-electron chi connectivity index (χ3n) is 3.75. The quantitative estimate of drug-likeness (QED) is 0.749. The number of rotatable bonds is 5. The van der Waals surface area contributed by atoms with Crippen molar-refractivity contribution in [3.05, 3.63) is 53.3 Å². The predicted molar refractivity (Wildman–Crippen MR) is 97.5 cm³/mol. The van der Waals surface area contributed by atoms with E-state index in [2.05, 4.69) is 29.2 Å². The van der Waals surface area contributed by atoms with Crippen LogP contribution < -0.4 is 5.32 Å². The minimum absolute atomic E-state index is 0.153. The Morgan fingerprint density at radius 3 is 2.71 bits per heavy atom. The Morgan fingerprint density at radius 2 is 2.04 bits per heavy atom. The normalized spacial score (nSPS) is 11.0. The minimum Gasteiger partial charge on any atom is -0.312 e. The molecule has 24 heavy (non-hydrogen) atoms. The second-order valence-electron chi connectivity index (χ2n) is 5.79. The second kappa shape index (κ2) is 6.97. The number of aromatic nitrogens is 3. The standard InChI is InChI=1S/C18H20N4OS/c1-4-22-10-14(16(21-22)13-8-6-5-7-9-13)17(23)20-18-15(12(2)3)19-11-24-18/h5-12H,4H2,1-3H3,(H,20,23). The molecule has 0 saturated heterocycles. The fourth-order valence-electron chi connectivity index (χ4n) is 2.49. The van der Waals surface area contributed by atoms with Gasteiger partial charge in [-0.25, -0.2) is 4.98 Å². The molecule has 0 spiro atoms. The first-order chi connectivity index (χ1) is 11.6. The van der Waals surface area contributed by atoms with Crippen LogP contribution in [0.1, 0.15) is 42.7 Å². The Hall–Kier alpha value is -2.47. The molecule has 0 unspecified atom stereocenters. The molecule has 3 aromatic rings. The van der Waals surface area contributed by atoms with E-state index < -0.39 is 0 Å². The number of amides is 1. The molecule has 6 heteroatoms. The monoisotopic (exact) mass is 340 g/mol. The SMILES string of the molecule is CCn1cc(C(=O)Nc2scnc2C(C)C)c(-c2ccccc2)n1. The summed E-state index contributed by atoms with van der Waals surface area (Å²) in [6, 6.07) is 9.77. The third-order valence-corrected chi connectivity index (χ3v) is 4.50. The van der Waals surface area contributed by atoms with Crippen LogP contribution in [0.3, 0.4) is 0 Å². The number of nitrogens with zero attached hydrogens (tertiary/aromatic N) is 3. The van der Waals surface area contributed by atoms with Crippen LogP contribution in [0.4, 0.5) is 5.00 Å². The van der Waals surface area contributed by atoms with E-state index in [1.54, 1.807) is 16.4 Å². The first-order valence-corrected chi connectivity index (χ1v) is 8.85. The summed E-state index contributed by atoms with van der Waals surface area (Å²) in [7, 11) is 0. The Balaban J connectivity index is 1.95. The maximum Gasteiger partial charge on any atom is 0.260 e. The van der Waals surface area contributed by atoms with Crippen LogP contribution in [0.2, 0.25) is 0 Å². The third kappa shape index (κ3) is 3.23. The first kappa shape index (κ1) is 16.4. The van der Waals surface area contributed by atoms with Gasteiger partial charge in [-0.1, -0.05) is 44.2 Å². The number of aryl methyl sites for hydroxylation is 1. The molecule has 1 N–H and O–H groups in total. The first-order valence-electron chi connectivity index (χ1n) is 7.97. The largest absolute Gasteiger partial charge is 0.312 e. The number of carbonyl (C=O) groups excluding carboxylic acids is 1. The van der Waals surface area contributed by atoms with Crippen molar-refractivity contribution in [2.75, 3.05) is 5.32 Å². The zero-order valence-corrected chi connectivity index (χ0v) is 14.8. The molecular weight excluding hydrogens is 320 g/mol. The predicted octanol–water partition coefficient (Wildman–Crippen LogP) is 4.40. The summed E-state index contributed by atoms with van der Waals surface area (Å²) in [5.74, 6) is 0.109. The summed E-state index contributed by atoms with van der Waals surface area (Å²) in [5.41, 5.74) is 4.89. The molecule has 0 aliphatic heterocycles. The highest BCUT2D eigenvalue weighted by Gasteiger charge is 2.20. The van der Waals surface area contributed by atoms with Crippen LogP contribution in [0.25, 0.3) is 11.3 Å². The summed E-state index contributed by atoms with van der Waals surface area (Å²) < 4.78 is 1.78. The molecule has 3 rings (SSSR count). The van der Waals surface area contributed by atoms with Gasteiger partial charge in [-0.05, 0) is 12.8 Å². The molecule has 0 saturated carbocycles. The highest BCUT2D eigenvalue weighted by atomic mass is 32.1. The van der Waals surface area contributed by atoms with Crippen LogP contribution in [0.15, 0.2) is 42.0 Å². The van der Waals surface area contributed by atoms with Crippen molar-refractivity contribution in [2.45, 2.75) is 33.2 Å². The molecule has 0 atom stereocenters. The molecule has 2 heterocycles. The van der Waals surface area contributed by atoms with Gasteiger partial charge in [0, 0.05) is 18.3 Å². The molecule has 0 fully saturated rings. The Morgan fingerprint density at radius 1 is 1.29 bits per heavy atom.